The van der Waals surface area contributed by atoms with E-state index in [1.165, 1.54) is 33.5 Å². The van der Waals surface area contributed by atoms with E-state index in [4.69, 9.17) is 9.52 Å². The highest BCUT2D eigenvalue weighted by atomic mass is 16.4. The zero-order valence-electron chi connectivity index (χ0n) is 19.3. The van der Waals surface area contributed by atoms with Crippen LogP contribution in [0.4, 0.5) is 0 Å². The second-order valence-corrected chi connectivity index (χ2v) is 8.13. The number of carbonyl (C=O) groups excluding carboxylic acids is 2. The Morgan fingerprint density at radius 2 is 1.68 bits per heavy atom. The molecule has 0 spiro atoms. The molecular weight excluding hydrogens is 482 g/mol. The van der Waals surface area contributed by atoms with Crippen molar-refractivity contribution in [2.45, 2.75) is 13.1 Å². The molecule has 3 heterocycles. The number of amides is 2. The first-order chi connectivity index (χ1) is 17.8. The predicted octanol–water partition coefficient (Wildman–Crippen LogP) is 1.13. The molecule has 0 unspecified atom stereocenters. The minimum absolute atomic E-state index is 0.0167. The van der Waals surface area contributed by atoms with Crippen LogP contribution >= 0.6 is 0 Å². The van der Waals surface area contributed by atoms with Gasteiger partial charge < -0.3 is 20.2 Å². The van der Waals surface area contributed by atoms with Gasteiger partial charge in [-0.2, -0.15) is 4.52 Å². The molecule has 0 saturated heterocycles. The molecule has 2 aromatic carbocycles. The summed E-state index contributed by atoms with van der Waals surface area (Å²) in [5.74, 6) is -2.57. The number of aromatic nitrogens is 5. The van der Waals surface area contributed by atoms with E-state index in [2.05, 4.69) is 25.9 Å². The molecule has 0 bridgehead atoms. The zero-order chi connectivity index (χ0) is 26.1. The fraction of sp³-hybridized carbons (Fsp3) is 0.125. The third kappa shape index (κ3) is 4.65. The number of hydrogen-bond acceptors (Lipinski definition) is 8. The number of carboxylic acid groups (broad SMARTS) is 1. The van der Waals surface area contributed by atoms with Gasteiger partial charge in [0.2, 0.25) is 0 Å². The van der Waals surface area contributed by atoms with Gasteiger partial charge in [-0.15, -0.1) is 5.10 Å². The summed E-state index contributed by atoms with van der Waals surface area (Å²) in [4.78, 5) is 52.7. The van der Waals surface area contributed by atoms with Crippen molar-refractivity contribution < 1.29 is 23.9 Å². The first-order valence-electron chi connectivity index (χ1n) is 11.0. The van der Waals surface area contributed by atoms with Crippen LogP contribution in [0, 0.1) is 0 Å². The van der Waals surface area contributed by atoms with Gasteiger partial charge in [-0.25, -0.2) is 14.6 Å². The van der Waals surface area contributed by atoms with Gasteiger partial charge in [-0.05, 0) is 35.4 Å². The Morgan fingerprint density at radius 3 is 2.43 bits per heavy atom. The normalized spacial score (nSPS) is 11.1. The van der Waals surface area contributed by atoms with Gasteiger partial charge in [0.05, 0.1) is 17.3 Å². The molecule has 0 aliphatic rings. The number of aryl methyl sites for hydroxylation is 1. The number of carboxylic acids is 1. The van der Waals surface area contributed by atoms with Gasteiger partial charge in [0, 0.05) is 26.2 Å². The molecule has 13 nitrogen and oxygen atoms in total. The Bertz CT molecular complexity index is 1730. The number of nitrogens with one attached hydrogen (secondary N) is 2. The van der Waals surface area contributed by atoms with Crippen LogP contribution in [0.1, 0.15) is 42.5 Å². The Kier molecular flexibility index (Phi) is 5.93. The number of benzene rings is 2. The van der Waals surface area contributed by atoms with Crippen molar-refractivity contribution in [2.24, 2.45) is 7.05 Å². The third-order valence-electron chi connectivity index (χ3n) is 5.70. The average molecular weight is 501 g/mol. The summed E-state index contributed by atoms with van der Waals surface area (Å²) in [6.45, 7) is 0.268. The quantitative estimate of drug-likeness (QED) is 0.295. The summed E-state index contributed by atoms with van der Waals surface area (Å²) in [6, 6.07) is 12.5. The fourth-order valence-corrected chi connectivity index (χ4v) is 3.69. The second kappa shape index (κ2) is 9.37. The smallest absolute Gasteiger partial charge is 0.419 e. The van der Waals surface area contributed by atoms with Crippen molar-refractivity contribution in [1.82, 2.24) is 35.0 Å². The molecule has 0 radical (unpaired) electrons. The van der Waals surface area contributed by atoms with E-state index >= 15 is 0 Å². The molecule has 3 aromatic heterocycles. The van der Waals surface area contributed by atoms with Crippen LogP contribution in [0.5, 0.6) is 0 Å². The Labute approximate surface area is 207 Å². The lowest BCUT2D eigenvalue weighted by atomic mass is 10.1. The molecule has 0 fully saturated rings. The van der Waals surface area contributed by atoms with Gasteiger partial charge in [0.1, 0.15) is 11.4 Å². The lowest BCUT2D eigenvalue weighted by Gasteiger charge is -2.09. The van der Waals surface area contributed by atoms with E-state index in [0.29, 0.717) is 16.7 Å². The molecule has 3 N–H and O–H groups in total. The summed E-state index contributed by atoms with van der Waals surface area (Å²) >= 11 is 0. The van der Waals surface area contributed by atoms with E-state index in [1.807, 2.05) is 0 Å². The van der Waals surface area contributed by atoms with Crippen LogP contribution in [-0.4, -0.2) is 47.3 Å². The Morgan fingerprint density at radius 1 is 0.973 bits per heavy atom. The van der Waals surface area contributed by atoms with E-state index in [1.54, 1.807) is 37.4 Å². The van der Waals surface area contributed by atoms with Gasteiger partial charge in [0.15, 0.2) is 11.2 Å². The number of hydrogen-bond donors (Lipinski definition) is 3. The van der Waals surface area contributed by atoms with Crippen LogP contribution in [0.3, 0.4) is 0 Å². The van der Waals surface area contributed by atoms with E-state index < -0.39 is 23.5 Å². The number of carbonyl (C=O) groups is 3. The van der Waals surface area contributed by atoms with Gasteiger partial charge in [-0.1, -0.05) is 23.4 Å². The van der Waals surface area contributed by atoms with E-state index in [0.717, 1.165) is 5.56 Å². The largest absolute Gasteiger partial charge is 0.478 e. The highest BCUT2D eigenvalue weighted by Crippen LogP contribution is 2.15. The topological polar surface area (TPSA) is 174 Å². The third-order valence-corrected chi connectivity index (χ3v) is 5.70. The SMILES string of the molecule is Cn1c(=O)oc2ccc(CNC(=O)c3cc(C(=O)NCc4ccc(C(=O)O)cc4)nc4cnnn34)cc21. The molecule has 0 aliphatic heterocycles. The van der Waals surface area contributed by atoms with Crippen LogP contribution in [0.2, 0.25) is 0 Å². The summed E-state index contributed by atoms with van der Waals surface area (Å²) in [5.41, 5.74) is 2.83. The minimum Gasteiger partial charge on any atom is -0.478 e. The summed E-state index contributed by atoms with van der Waals surface area (Å²) < 4.78 is 7.71. The monoisotopic (exact) mass is 501 g/mol. The van der Waals surface area contributed by atoms with Gasteiger partial charge in [0.25, 0.3) is 11.8 Å². The molecule has 0 aliphatic carbocycles. The Balaban J connectivity index is 1.32. The maximum atomic E-state index is 13.0. The molecule has 186 valence electrons. The standard InChI is InChI=1S/C24H19N7O6/c1-30-17-8-14(4-7-19(17)37-24(30)36)11-26-22(33)18-9-16(28-20-12-27-29-31(18)20)21(32)25-10-13-2-5-15(6-3-13)23(34)35/h2-9,12H,10-11H2,1H3,(H,25,32)(H,26,33)(H,34,35). The highest BCUT2D eigenvalue weighted by molar-refractivity contribution is 5.98. The molecule has 2 amide bonds. The molecular formula is C24H19N7O6. The number of nitrogens with zero attached hydrogens (tertiary/aromatic N) is 5. The second-order valence-electron chi connectivity index (χ2n) is 8.13. The first kappa shape index (κ1) is 23.4. The first-order valence-corrected chi connectivity index (χ1v) is 11.0. The van der Waals surface area contributed by atoms with Crippen LogP contribution < -0.4 is 16.4 Å². The number of oxazole rings is 1. The van der Waals surface area contributed by atoms with Crippen molar-refractivity contribution in [3.8, 4) is 0 Å². The van der Waals surface area contributed by atoms with Crippen molar-refractivity contribution >= 4 is 34.5 Å². The Hall–Kier alpha value is -5.33. The van der Waals surface area contributed by atoms with Crippen molar-refractivity contribution in [1.29, 1.82) is 0 Å². The summed E-state index contributed by atoms with van der Waals surface area (Å²) in [6.07, 6.45) is 1.32. The number of fused-ring (bicyclic) bond motifs is 2. The predicted molar refractivity (Wildman–Crippen MR) is 128 cm³/mol. The van der Waals surface area contributed by atoms with Gasteiger partial charge >= 0.3 is 11.7 Å². The highest BCUT2D eigenvalue weighted by Gasteiger charge is 2.18. The van der Waals surface area contributed by atoms with Crippen LogP contribution in [0.15, 0.2) is 63.9 Å². The summed E-state index contributed by atoms with van der Waals surface area (Å²) in [5, 5.41) is 22.1. The molecule has 5 aromatic rings. The summed E-state index contributed by atoms with van der Waals surface area (Å²) in [7, 11) is 1.59. The van der Waals surface area contributed by atoms with Crippen molar-refractivity contribution in [3.05, 3.63) is 93.4 Å². The van der Waals surface area contributed by atoms with E-state index in [-0.39, 0.29) is 35.7 Å². The number of aromatic carboxylic acids is 1. The lowest BCUT2D eigenvalue weighted by molar-refractivity contribution is 0.0696. The number of rotatable bonds is 7. The van der Waals surface area contributed by atoms with Crippen molar-refractivity contribution in [3.63, 3.8) is 0 Å². The zero-order valence-corrected chi connectivity index (χ0v) is 19.3. The molecule has 0 saturated carbocycles. The molecule has 37 heavy (non-hydrogen) atoms. The van der Waals surface area contributed by atoms with Crippen LogP contribution in [-0.2, 0) is 20.1 Å². The average Bonchev–Trinajstić information content (AvgIpc) is 3.49. The van der Waals surface area contributed by atoms with Crippen LogP contribution in [0.25, 0.3) is 16.7 Å². The minimum atomic E-state index is -1.04. The van der Waals surface area contributed by atoms with Gasteiger partial charge in [-0.3, -0.25) is 14.2 Å². The molecule has 5 rings (SSSR count). The maximum Gasteiger partial charge on any atom is 0.419 e. The van der Waals surface area contributed by atoms with Crippen molar-refractivity contribution in [2.75, 3.05) is 0 Å². The maximum absolute atomic E-state index is 13.0. The fourth-order valence-electron chi connectivity index (χ4n) is 3.69. The van der Waals surface area contributed by atoms with E-state index in [9.17, 15) is 19.2 Å². The molecule has 13 heteroatoms. The lowest BCUT2D eigenvalue weighted by Crippen LogP contribution is -2.28. The molecule has 0 atom stereocenters.